The molecule has 0 aromatic rings. The first kappa shape index (κ1) is 15.9. The van der Waals surface area contributed by atoms with Gasteiger partial charge in [-0.3, -0.25) is 4.90 Å². The lowest BCUT2D eigenvalue weighted by Crippen LogP contribution is -2.47. The molecule has 1 aliphatic heterocycles. The molecule has 1 rings (SSSR count). The van der Waals surface area contributed by atoms with Crippen molar-refractivity contribution < 1.29 is 5.11 Å². The summed E-state index contributed by atoms with van der Waals surface area (Å²) >= 11 is 0. The standard InChI is InChI=1S/C15H32N2O/c1-5-10-16-15(4,13-18)9-7-12-17-11-6-8-14(17,2)3/h16,18H,5-13H2,1-4H3. The largest absolute Gasteiger partial charge is 0.394 e. The molecular formula is C15H32N2O. The van der Waals surface area contributed by atoms with Crippen LogP contribution in [-0.2, 0) is 0 Å². The molecule has 1 atom stereocenters. The van der Waals surface area contributed by atoms with E-state index in [0.717, 1.165) is 32.4 Å². The van der Waals surface area contributed by atoms with E-state index in [2.05, 4.69) is 37.9 Å². The van der Waals surface area contributed by atoms with Gasteiger partial charge in [0.25, 0.3) is 0 Å². The van der Waals surface area contributed by atoms with Crippen LogP contribution >= 0.6 is 0 Å². The maximum atomic E-state index is 9.53. The average molecular weight is 256 g/mol. The van der Waals surface area contributed by atoms with Crippen molar-refractivity contribution in [2.45, 2.75) is 70.9 Å². The lowest BCUT2D eigenvalue weighted by Gasteiger charge is -2.34. The Morgan fingerprint density at radius 2 is 2.11 bits per heavy atom. The highest BCUT2D eigenvalue weighted by Crippen LogP contribution is 2.28. The van der Waals surface area contributed by atoms with Gasteiger partial charge in [0.2, 0.25) is 0 Å². The van der Waals surface area contributed by atoms with Crippen molar-refractivity contribution in [1.29, 1.82) is 0 Å². The number of aliphatic hydroxyl groups excluding tert-OH is 1. The molecule has 1 heterocycles. The van der Waals surface area contributed by atoms with Crippen molar-refractivity contribution in [1.82, 2.24) is 10.2 Å². The third-order valence-corrected chi connectivity index (χ3v) is 4.38. The topological polar surface area (TPSA) is 35.5 Å². The summed E-state index contributed by atoms with van der Waals surface area (Å²) in [5, 5.41) is 13.0. The first-order chi connectivity index (χ1) is 8.43. The molecule has 0 aromatic heterocycles. The van der Waals surface area contributed by atoms with Crippen LogP contribution < -0.4 is 5.32 Å². The van der Waals surface area contributed by atoms with E-state index in [1.165, 1.54) is 19.4 Å². The van der Waals surface area contributed by atoms with Crippen LogP contribution in [0, 0.1) is 0 Å². The van der Waals surface area contributed by atoms with Gasteiger partial charge in [0, 0.05) is 11.1 Å². The van der Waals surface area contributed by atoms with Gasteiger partial charge in [0.05, 0.1) is 6.61 Å². The minimum Gasteiger partial charge on any atom is -0.394 e. The van der Waals surface area contributed by atoms with Crippen LogP contribution in [0.3, 0.4) is 0 Å². The molecular weight excluding hydrogens is 224 g/mol. The SMILES string of the molecule is CCCNC(C)(CO)CCCN1CCCC1(C)C. The van der Waals surface area contributed by atoms with Crippen LogP contribution in [0.2, 0.25) is 0 Å². The molecule has 1 saturated heterocycles. The Morgan fingerprint density at radius 3 is 2.61 bits per heavy atom. The summed E-state index contributed by atoms with van der Waals surface area (Å²) in [6.07, 6.45) is 5.98. The molecule has 1 fully saturated rings. The maximum absolute atomic E-state index is 9.53. The molecule has 0 aromatic carbocycles. The van der Waals surface area contributed by atoms with Gasteiger partial charge in [-0.05, 0) is 72.5 Å². The molecule has 2 N–H and O–H groups in total. The smallest absolute Gasteiger partial charge is 0.0610 e. The highest BCUT2D eigenvalue weighted by atomic mass is 16.3. The summed E-state index contributed by atoms with van der Waals surface area (Å²) < 4.78 is 0. The minimum absolute atomic E-state index is 0.0973. The van der Waals surface area contributed by atoms with E-state index in [9.17, 15) is 5.11 Å². The van der Waals surface area contributed by atoms with Gasteiger partial charge < -0.3 is 10.4 Å². The number of nitrogens with one attached hydrogen (secondary N) is 1. The Kier molecular flexibility index (Phi) is 6.09. The predicted octanol–water partition coefficient (Wildman–Crippen LogP) is 2.39. The van der Waals surface area contributed by atoms with Crippen LogP contribution in [0.1, 0.15) is 59.8 Å². The third kappa shape index (κ3) is 4.52. The van der Waals surface area contributed by atoms with E-state index in [1.807, 2.05) is 0 Å². The number of hydrogen-bond acceptors (Lipinski definition) is 3. The molecule has 0 aliphatic carbocycles. The van der Waals surface area contributed by atoms with Gasteiger partial charge in [-0.25, -0.2) is 0 Å². The summed E-state index contributed by atoms with van der Waals surface area (Å²) in [4.78, 5) is 2.60. The fraction of sp³-hybridized carbons (Fsp3) is 1.00. The molecule has 0 saturated carbocycles. The summed E-state index contributed by atoms with van der Waals surface area (Å²) in [5.74, 6) is 0. The van der Waals surface area contributed by atoms with E-state index in [0.29, 0.717) is 5.54 Å². The Balaban J connectivity index is 2.31. The van der Waals surface area contributed by atoms with Crippen molar-refractivity contribution in [3.63, 3.8) is 0 Å². The van der Waals surface area contributed by atoms with E-state index in [1.54, 1.807) is 0 Å². The molecule has 3 nitrogen and oxygen atoms in total. The molecule has 1 aliphatic rings. The van der Waals surface area contributed by atoms with E-state index >= 15 is 0 Å². The van der Waals surface area contributed by atoms with E-state index in [4.69, 9.17) is 0 Å². The monoisotopic (exact) mass is 256 g/mol. The van der Waals surface area contributed by atoms with Gasteiger partial charge >= 0.3 is 0 Å². The summed E-state index contributed by atoms with van der Waals surface area (Å²) in [5.41, 5.74) is 0.284. The minimum atomic E-state index is -0.0973. The highest BCUT2D eigenvalue weighted by molar-refractivity contribution is 4.89. The fourth-order valence-electron chi connectivity index (χ4n) is 2.89. The maximum Gasteiger partial charge on any atom is 0.0610 e. The second-order valence-electron chi connectivity index (χ2n) is 6.65. The van der Waals surface area contributed by atoms with Crippen molar-refractivity contribution >= 4 is 0 Å². The fourth-order valence-corrected chi connectivity index (χ4v) is 2.89. The molecule has 0 spiro atoms. The van der Waals surface area contributed by atoms with Crippen LogP contribution in [0.4, 0.5) is 0 Å². The second kappa shape index (κ2) is 6.88. The van der Waals surface area contributed by atoms with Crippen molar-refractivity contribution in [3.05, 3.63) is 0 Å². The van der Waals surface area contributed by atoms with Gasteiger partial charge in [0.1, 0.15) is 0 Å². The van der Waals surface area contributed by atoms with Crippen LogP contribution in [-0.4, -0.2) is 47.3 Å². The summed E-state index contributed by atoms with van der Waals surface area (Å²) in [6.45, 7) is 12.6. The van der Waals surface area contributed by atoms with Crippen molar-refractivity contribution in [2.75, 3.05) is 26.2 Å². The number of nitrogens with zero attached hydrogens (tertiary/aromatic N) is 1. The number of aliphatic hydroxyl groups is 1. The molecule has 0 amide bonds. The molecule has 1 unspecified atom stereocenters. The van der Waals surface area contributed by atoms with Gasteiger partial charge in [-0.1, -0.05) is 6.92 Å². The van der Waals surface area contributed by atoms with Crippen LogP contribution in [0.25, 0.3) is 0 Å². The number of likely N-dealkylation sites (tertiary alicyclic amines) is 1. The Morgan fingerprint density at radius 1 is 1.39 bits per heavy atom. The first-order valence-corrected chi connectivity index (χ1v) is 7.54. The molecule has 108 valence electrons. The van der Waals surface area contributed by atoms with Crippen molar-refractivity contribution in [2.24, 2.45) is 0 Å². The van der Waals surface area contributed by atoms with Gasteiger partial charge in [-0.15, -0.1) is 0 Å². The first-order valence-electron chi connectivity index (χ1n) is 7.54. The number of rotatable bonds is 8. The summed E-state index contributed by atoms with van der Waals surface area (Å²) in [6, 6.07) is 0. The molecule has 3 heteroatoms. The Hall–Kier alpha value is -0.120. The van der Waals surface area contributed by atoms with Gasteiger partial charge in [-0.2, -0.15) is 0 Å². The second-order valence-corrected chi connectivity index (χ2v) is 6.65. The van der Waals surface area contributed by atoms with E-state index in [-0.39, 0.29) is 12.1 Å². The van der Waals surface area contributed by atoms with Crippen molar-refractivity contribution in [3.8, 4) is 0 Å². The zero-order valence-electron chi connectivity index (χ0n) is 12.8. The average Bonchev–Trinajstić information content (AvgIpc) is 2.66. The molecule has 0 bridgehead atoms. The predicted molar refractivity (Wildman–Crippen MR) is 77.9 cm³/mol. The molecule has 0 radical (unpaired) electrons. The quantitative estimate of drug-likeness (QED) is 0.700. The summed E-state index contributed by atoms with van der Waals surface area (Å²) in [7, 11) is 0. The van der Waals surface area contributed by atoms with Gasteiger partial charge in [0.15, 0.2) is 0 Å². The van der Waals surface area contributed by atoms with Crippen LogP contribution in [0.5, 0.6) is 0 Å². The Labute approximate surface area is 113 Å². The number of hydrogen-bond donors (Lipinski definition) is 2. The Bertz CT molecular complexity index is 243. The highest BCUT2D eigenvalue weighted by Gasteiger charge is 2.31. The van der Waals surface area contributed by atoms with Crippen LogP contribution in [0.15, 0.2) is 0 Å². The van der Waals surface area contributed by atoms with E-state index < -0.39 is 0 Å². The lowest BCUT2D eigenvalue weighted by atomic mass is 9.95. The lowest BCUT2D eigenvalue weighted by molar-refractivity contribution is 0.139. The third-order valence-electron chi connectivity index (χ3n) is 4.38. The normalized spacial score (nSPS) is 23.2. The zero-order valence-corrected chi connectivity index (χ0v) is 12.8. The zero-order chi connectivity index (χ0) is 13.6. The molecule has 18 heavy (non-hydrogen) atoms.